The summed E-state index contributed by atoms with van der Waals surface area (Å²) in [6, 6.07) is 3.59. The first-order valence-corrected chi connectivity index (χ1v) is 6.15. The van der Waals surface area contributed by atoms with Crippen LogP contribution in [0.5, 0.6) is 11.5 Å². The number of carbonyl (C=O) groups excluding carboxylic acids is 2. The predicted octanol–water partition coefficient (Wildman–Crippen LogP) is 0.450. The lowest BCUT2D eigenvalue weighted by Crippen LogP contribution is -2.38. The van der Waals surface area contributed by atoms with Crippen LogP contribution in [0.15, 0.2) is 18.2 Å². The van der Waals surface area contributed by atoms with Gasteiger partial charge in [-0.25, -0.2) is 0 Å². The molecule has 3 N–H and O–H groups in total. The third-order valence-electron chi connectivity index (χ3n) is 3.02. The van der Waals surface area contributed by atoms with Crippen molar-refractivity contribution in [2.24, 2.45) is 0 Å². The molecule has 0 radical (unpaired) electrons. The predicted molar refractivity (Wildman–Crippen MR) is 67.9 cm³/mol. The smallest absolute Gasteiger partial charge is 0.251 e. The van der Waals surface area contributed by atoms with Crippen molar-refractivity contribution in [3.05, 3.63) is 23.8 Å². The second-order valence-corrected chi connectivity index (χ2v) is 4.51. The topological polar surface area (TPSA) is 89.9 Å². The van der Waals surface area contributed by atoms with E-state index < -0.39 is 5.91 Å². The normalized spacial score (nSPS) is 14.4. The molecule has 1 heterocycles. The van der Waals surface area contributed by atoms with Gasteiger partial charge in [0, 0.05) is 24.7 Å². The van der Waals surface area contributed by atoms with Gasteiger partial charge in [0.25, 0.3) is 5.91 Å². The summed E-state index contributed by atoms with van der Waals surface area (Å²) in [5.74, 6) is -1.01. The maximum absolute atomic E-state index is 11.8. The molecule has 19 heavy (non-hydrogen) atoms. The number of hydrogen-bond acceptors (Lipinski definition) is 4. The number of phenolic OH excluding ortho intramolecular Hbond substituents is 2. The van der Waals surface area contributed by atoms with Crippen LogP contribution in [-0.2, 0) is 4.79 Å². The number of hydrogen-bond donors (Lipinski definition) is 3. The van der Waals surface area contributed by atoms with Gasteiger partial charge in [0.2, 0.25) is 5.91 Å². The summed E-state index contributed by atoms with van der Waals surface area (Å²) >= 11 is 0. The van der Waals surface area contributed by atoms with E-state index in [0.717, 1.165) is 32.0 Å². The van der Waals surface area contributed by atoms with Crippen molar-refractivity contribution in [1.29, 1.82) is 0 Å². The second kappa shape index (κ2) is 5.60. The minimum absolute atomic E-state index is 0.0742. The van der Waals surface area contributed by atoms with Crippen LogP contribution in [-0.4, -0.2) is 46.6 Å². The lowest BCUT2D eigenvalue weighted by Gasteiger charge is -2.15. The summed E-state index contributed by atoms with van der Waals surface area (Å²) in [6.45, 7) is 1.40. The molecule has 0 saturated carbocycles. The Morgan fingerprint density at radius 1 is 1.11 bits per heavy atom. The first kappa shape index (κ1) is 13.2. The van der Waals surface area contributed by atoms with Crippen molar-refractivity contribution in [2.75, 3.05) is 19.6 Å². The van der Waals surface area contributed by atoms with E-state index in [1.165, 1.54) is 12.1 Å². The Balaban J connectivity index is 1.91. The molecule has 102 valence electrons. The van der Waals surface area contributed by atoms with Gasteiger partial charge in [0.1, 0.15) is 11.5 Å². The molecule has 6 heteroatoms. The quantitative estimate of drug-likeness (QED) is 0.739. The summed E-state index contributed by atoms with van der Waals surface area (Å²) in [4.78, 5) is 25.2. The summed E-state index contributed by atoms with van der Waals surface area (Å²) in [6.07, 6.45) is 2.00. The zero-order chi connectivity index (χ0) is 13.8. The van der Waals surface area contributed by atoms with Gasteiger partial charge in [0.15, 0.2) is 0 Å². The maximum atomic E-state index is 11.8. The Hall–Kier alpha value is -2.24. The van der Waals surface area contributed by atoms with Gasteiger partial charge in [-0.05, 0) is 25.0 Å². The maximum Gasteiger partial charge on any atom is 0.251 e. The third-order valence-corrected chi connectivity index (χ3v) is 3.02. The average molecular weight is 264 g/mol. The van der Waals surface area contributed by atoms with E-state index in [1.807, 2.05) is 0 Å². The lowest BCUT2D eigenvalue weighted by molar-refractivity contribution is -0.129. The van der Waals surface area contributed by atoms with Crippen molar-refractivity contribution in [1.82, 2.24) is 10.2 Å². The van der Waals surface area contributed by atoms with Crippen LogP contribution < -0.4 is 5.32 Å². The van der Waals surface area contributed by atoms with E-state index in [4.69, 9.17) is 0 Å². The molecule has 1 aromatic carbocycles. The number of rotatable bonds is 3. The molecule has 1 aliphatic rings. The molecule has 1 aliphatic heterocycles. The third kappa shape index (κ3) is 3.37. The number of benzene rings is 1. The van der Waals surface area contributed by atoms with Crippen LogP contribution in [0.4, 0.5) is 0 Å². The second-order valence-electron chi connectivity index (χ2n) is 4.51. The molecule has 6 nitrogen and oxygen atoms in total. The van der Waals surface area contributed by atoms with Crippen LogP contribution >= 0.6 is 0 Å². The number of likely N-dealkylation sites (tertiary alicyclic amines) is 1. The van der Waals surface area contributed by atoms with Crippen LogP contribution in [0.1, 0.15) is 23.2 Å². The van der Waals surface area contributed by atoms with Crippen LogP contribution in [0.3, 0.4) is 0 Å². The molecule has 0 aliphatic carbocycles. The summed E-state index contributed by atoms with van der Waals surface area (Å²) in [5.41, 5.74) is 0.117. The van der Waals surface area contributed by atoms with E-state index in [-0.39, 0.29) is 29.5 Å². The highest BCUT2D eigenvalue weighted by molar-refractivity contribution is 5.97. The van der Waals surface area contributed by atoms with Gasteiger partial charge < -0.3 is 20.4 Å². The summed E-state index contributed by atoms with van der Waals surface area (Å²) in [7, 11) is 0. The van der Waals surface area contributed by atoms with Crippen molar-refractivity contribution in [2.45, 2.75) is 12.8 Å². The molecule has 2 rings (SSSR count). The minimum Gasteiger partial charge on any atom is -0.508 e. The first-order valence-electron chi connectivity index (χ1n) is 6.15. The van der Waals surface area contributed by atoms with E-state index in [9.17, 15) is 19.8 Å². The Morgan fingerprint density at radius 2 is 1.68 bits per heavy atom. The molecule has 0 bridgehead atoms. The van der Waals surface area contributed by atoms with Gasteiger partial charge in [0.05, 0.1) is 6.54 Å². The van der Waals surface area contributed by atoms with Crippen LogP contribution in [0.2, 0.25) is 0 Å². The Bertz CT molecular complexity index is 475. The van der Waals surface area contributed by atoms with Crippen molar-refractivity contribution in [3.63, 3.8) is 0 Å². The molecule has 0 atom stereocenters. The lowest BCUT2D eigenvalue weighted by atomic mass is 10.2. The van der Waals surface area contributed by atoms with Crippen molar-refractivity contribution < 1.29 is 19.8 Å². The SMILES string of the molecule is O=C(NCC(=O)N1CCCC1)c1cc(O)cc(O)c1. The molecular weight excluding hydrogens is 248 g/mol. The number of carbonyl (C=O) groups is 2. The zero-order valence-corrected chi connectivity index (χ0v) is 10.4. The van der Waals surface area contributed by atoms with Crippen molar-refractivity contribution >= 4 is 11.8 Å². The molecule has 1 fully saturated rings. The van der Waals surface area contributed by atoms with Gasteiger partial charge in [-0.1, -0.05) is 0 Å². The molecule has 1 aromatic rings. The number of nitrogens with zero attached hydrogens (tertiary/aromatic N) is 1. The fourth-order valence-corrected chi connectivity index (χ4v) is 2.06. The fraction of sp³-hybridized carbons (Fsp3) is 0.385. The molecular formula is C13H16N2O4. The fourth-order valence-electron chi connectivity index (χ4n) is 2.06. The molecule has 0 spiro atoms. The van der Waals surface area contributed by atoms with E-state index in [0.29, 0.717) is 0 Å². The molecule has 0 unspecified atom stereocenters. The number of amides is 2. The monoisotopic (exact) mass is 264 g/mol. The van der Waals surface area contributed by atoms with Crippen molar-refractivity contribution in [3.8, 4) is 11.5 Å². The summed E-state index contributed by atoms with van der Waals surface area (Å²) in [5, 5.41) is 21.0. The van der Waals surface area contributed by atoms with Gasteiger partial charge in [-0.3, -0.25) is 9.59 Å². The Labute approximate surface area is 110 Å². The van der Waals surface area contributed by atoms with Crippen LogP contribution in [0.25, 0.3) is 0 Å². The van der Waals surface area contributed by atoms with E-state index in [1.54, 1.807) is 4.90 Å². The standard InChI is InChI=1S/C13H16N2O4/c16-10-5-9(6-11(17)7-10)13(19)14-8-12(18)15-3-1-2-4-15/h5-7,16-17H,1-4,8H2,(H,14,19). The van der Waals surface area contributed by atoms with Gasteiger partial charge in [-0.2, -0.15) is 0 Å². The van der Waals surface area contributed by atoms with Gasteiger partial charge in [-0.15, -0.1) is 0 Å². The van der Waals surface area contributed by atoms with E-state index in [2.05, 4.69) is 5.32 Å². The summed E-state index contributed by atoms with van der Waals surface area (Å²) < 4.78 is 0. The number of nitrogens with one attached hydrogen (secondary N) is 1. The average Bonchev–Trinajstić information content (AvgIpc) is 2.88. The minimum atomic E-state index is -0.501. The highest BCUT2D eigenvalue weighted by Gasteiger charge is 2.18. The number of aromatic hydroxyl groups is 2. The molecule has 2 amide bonds. The van der Waals surface area contributed by atoms with E-state index >= 15 is 0 Å². The highest BCUT2D eigenvalue weighted by Crippen LogP contribution is 2.20. The molecule has 0 aromatic heterocycles. The molecule has 1 saturated heterocycles. The zero-order valence-electron chi connectivity index (χ0n) is 10.4. The highest BCUT2D eigenvalue weighted by atomic mass is 16.3. The first-order chi connectivity index (χ1) is 9.06. The van der Waals surface area contributed by atoms with Gasteiger partial charge >= 0.3 is 0 Å². The van der Waals surface area contributed by atoms with Crippen LogP contribution in [0, 0.1) is 0 Å². The number of phenols is 2. The largest absolute Gasteiger partial charge is 0.508 e. The Kier molecular flexibility index (Phi) is 3.89. The Morgan fingerprint density at radius 3 is 2.26 bits per heavy atom.